The fourth-order valence-corrected chi connectivity index (χ4v) is 4.30. The van der Waals surface area contributed by atoms with Gasteiger partial charge in [0.05, 0.1) is 24.8 Å². The Bertz CT molecular complexity index is 1320. The molecule has 0 bridgehead atoms. The number of amides is 3. The molecular formula is C28H26F3N3O4. The van der Waals surface area contributed by atoms with Crippen molar-refractivity contribution in [2.24, 2.45) is 0 Å². The lowest BCUT2D eigenvalue weighted by atomic mass is 10.0. The molecular weight excluding hydrogens is 499 g/mol. The summed E-state index contributed by atoms with van der Waals surface area (Å²) in [6.45, 7) is 0.257. The van der Waals surface area contributed by atoms with Crippen LogP contribution in [-0.2, 0) is 11.0 Å². The number of hydrogen-bond acceptors (Lipinski definition) is 4. The predicted molar refractivity (Wildman–Crippen MR) is 135 cm³/mol. The number of piperazine rings is 1. The van der Waals surface area contributed by atoms with Crippen molar-refractivity contribution < 1.29 is 32.3 Å². The molecule has 0 spiro atoms. The zero-order chi connectivity index (χ0) is 27.3. The van der Waals surface area contributed by atoms with Crippen LogP contribution in [0.4, 0.5) is 13.2 Å². The van der Waals surface area contributed by atoms with Crippen molar-refractivity contribution in [3.63, 3.8) is 0 Å². The van der Waals surface area contributed by atoms with Gasteiger partial charge >= 0.3 is 6.18 Å². The van der Waals surface area contributed by atoms with Gasteiger partial charge in [-0.1, -0.05) is 42.5 Å². The fourth-order valence-electron chi connectivity index (χ4n) is 4.30. The minimum atomic E-state index is -4.64. The molecule has 3 aromatic carbocycles. The van der Waals surface area contributed by atoms with Crippen molar-refractivity contribution in [2.75, 3.05) is 39.8 Å². The predicted octanol–water partition coefficient (Wildman–Crippen LogP) is 4.10. The van der Waals surface area contributed by atoms with E-state index in [2.05, 4.69) is 5.32 Å². The van der Waals surface area contributed by atoms with Gasteiger partial charge in [-0.2, -0.15) is 13.2 Å². The number of carbonyl (C=O) groups is 3. The summed E-state index contributed by atoms with van der Waals surface area (Å²) in [4.78, 5) is 40.7. The van der Waals surface area contributed by atoms with Crippen molar-refractivity contribution in [1.82, 2.24) is 15.1 Å². The summed E-state index contributed by atoms with van der Waals surface area (Å²) in [5, 5.41) is 2.60. The lowest BCUT2D eigenvalue weighted by Gasteiger charge is -2.35. The van der Waals surface area contributed by atoms with E-state index in [0.29, 0.717) is 11.3 Å². The third-order valence-corrected chi connectivity index (χ3v) is 6.35. The number of methoxy groups -OCH3 is 1. The molecule has 0 aromatic heterocycles. The third kappa shape index (κ3) is 5.96. The van der Waals surface area contributed by atoms with Gasteiger partial charge in [0.25, 0.3) is 11.8 Å². The van der Waals surface area contributed by atoms with Crippen molar-refractivity contribution in [3.8, 4) is 16.9 Å². The second kappa shape index (κ2) is 11.4. The van der Waals surface area contributed by atoms with Crippen LogP contribution in [0.5, 0.6) is 5.75 Å². The van der Waals surface area contributed by atoms with Crippen LogP contribution in [0.15, 0.2) is 72.8 Å². The van der Waals surface area contributed by atoms with Crippen molar-refractivity contribution >= 4 is 17.7 Å². The molecule has 3 aromatic rings. The molecule has 4 rings (SSSR count). The number of ether oxygens (including phenoxy) is 1. The first-order valence-corrected chi connectivity index (χ1v) is 11.9. The Hall–Kier alpha value is -4.34. The molecule has 1 fully saturated rings. The SMILES string of the molecule is COc1ccccc1-c1ccc(C(=O)NCC(=O)N2CCN(C(=O)c3ccccc3C(F)(F)F)CC2)cc1. The van der Waals surface area contributed by atoms with E-state index in [9.17, 15) is 27.6 Å². The van der Waals surface area contributed by atoms with E-state index in [0.717, 1.165) is 23.3 Å². The minimum absolute atomic E-state index is 0.0924. The molecule has 38 heavy (non-hydrogen) atoms. The van der Waals surface area contributed by atoms with Crippen LogP contribution >= 0.6 is 0 Å². The zero-order valence-corrected chi connectivity index (χ0v) is 20.6. The van der Waals surface area contributed by atoms with Gasteiger partial charge in [-0.3, -0.25) is 14.4 Å². The van der Waals surface area contributed by atoms with E-state index >= 15 is 0 Å². The number of halogens is 3. The highest BCUT2D eigenvalue weighted by Crippen LogP contribution is 2.32. The van der Waals surface area contributed by atoms with E-state index < -0.39 is 29.1 Å². The second-order valence-corrected chi connectivity index (χ2v) is 8.68. The molecule has 1 aliphatic heterocycles. The van der Waals surface area contributed by atoms with Crippen LogP contribution in [0, 0.1) is 0 Å². The number of nitrogens with one attached hydrogen (secondary N) is 1. The lowest BCUT2D eigenvalue weighted by molar-refractivity contribution is -0.138. The van der Waals surface area contributed by atoms with Gasteiger partial charge < -0.3 is 19.9 Å². The summed E-state index contributed by atoms with van der Waals surface area (Å²) in [6, 6.07) is 19.1. The van der Waals surface area contributed by atoms with Crippen molar-refractivity contribution in [1.29, 1.82) is 0 Å². The first kappa shape index (κ1) is 26.7. The first-order valence-electron chi connectivity index (χ1n) is 11.9. The standard InChI is InChI=1S/C28H26F3N3O4/c1-38-24-9-5-3-6-21(24)19-10-12-20(13-11-19)26(36)32-18-25(35)33-14-16-34(17-15-33)27(37)22-7-2-4-8-23(22)28(29,30)31/h2-13H,14-18H2,1H3,(H,32,36). The largest absolute Gasteiger partial charge is 0.496 e. The topological polar surface area (TPSA) is 79.0 Å². The highest BCUT2D eigenvalue weighted by Gasteiger charge is 2.36. The van der Waals surface area contributed by atoms with Gasteiger partial charge in [0, 0.05) is 37.3 Å². The van der Waals surface area contributed by atoms with Crippen LogP contribution in [0.25, 0.3) is 11.1 Å². The first-order chi connectivity index (χ1) is 18.2. The van der Waals surface area contributed by atoms with E-state index in [1.165, 1.54) is 21.9 Å². The number of rotatable bonds is 6. The van der Waals surface area contributed by atoms with E-state index in [-0.39, 0.29) is 38.6 Å². The maximum absolute atomic E-state index is 13.3. The number of hydrogen-bond donors (Lipinski definition) is 1. The molecule has 3 amide bonds. The third-order valence-electron chi connectivity index (χ3n) is 6.35. The molecule has 0 unspecified atom stereocenters. The Morgan fingerprint density at radius 2 is 1.45 bits per heavy atom. The highest BCUT2D eigenvalue weighted by atomic mass is 19.4. The Morgan fingerprint density at radius 1 is 0.842 bits per heavy atom. The van der Waals surface area contributed by atoms with Crippen molar-refractivity contribution in [3.05, 3.63) is 89.5 Å². The fraction of sp³-hybridized carbons (Fsp3) is 0.250. The molecule has 0 saturated carbocycles. The van der Waals surface area contributed by atoms with Gasteiger partial charge in [-0.05, 0) is 35.9 Å². The summed E-state index contributed by atoms with van der Waals surface area (Å²) < 4.78 is 45.2. The maximum atomic E-state index is 13.3. The quantitative estimate of drug-likeness (QED) is 0.526. The molecule has 0 radical (unpaired) electrons. The van der Waals surface area contributed by atoms with E-state index in [1.54, 1.807) is 31.4 Å². The molecule has 10 heteroatoms. The molecule has 198 valence electrons. The average molecular weight is 526 g/mol. The number of alkyl halides is 3. The molecule has 1 heterocycles. The second-order valence-electron chi connectivity index (χ2n) is 8.68. The van der Waals surface area contributed by atoms with Crippen molar-refractivity contribution in [2.45, 2.75) is 6.18 Å². The number of carbonyl (C=O) groups excluding carboxylic acids is 3. The summed E-state index contributed by atoms with van der Waals surface area (Å²) in [6.07, 6.45) is -4.64. The Labute approximate surface area is 217 Å². The summed E-state index contributed by atoms with van der Waals surface area (Å²) in [5.41, 5.74) is 0.748. The van der Waals surface area contributed by atoms with Crippen LogP contribution in [-0.4, -0.2) is 67.4 Å². The zero-order valence-electron chi connectivity index (χ0n) is 20.6. The van der Waals surface area contributed by atoms with E-state index in [4.69, 9.17) is 4.74 Å². The summed E-state index contributed by atoms with van der Waals surface area (Å²) in [5.74, 6) is -0.772. The molecule has 7 nitrogen and oxygen atoms in total. The molecule has 0 aliphatic carbocycles. The van der Waals surface area contributed by atoms with Crippen LogP contribution in [0.2, 0.25) is 0 Å². The minimum Gasteiger partial charge on any atom is -0.496 e. The molecule has 1 N–H and O–H groups in total. The maximum Gasteiger partial charge on any atom is 0.417 e. The Balaban J connectivity index is 1.29. The van der Waals surface area contributed by atoms with Gasteiger partial charge in [0.2, 0.25) is 5.91 Å². The Kier molecular flexibility index (Phi) is 7.99. The van der Waals surface area contributed by atoms with Crippen LogP contribution < -0.4 is 10.1 Å². The Morgan fingerprint density at radius 3 is 2.11 bits per heavy atom. The highest BCUT2D eigenvalue weighted by molar-refractivity contribution is 5.97. The smallest absolute Gasteiger partial charge is 0.417 e. The van der Waals surface area contributed by atoms with Gasteiger partial charge in [-0.25, -0.2) is 0 Å². The van der Waals surface area contributed by atoms with Crippen LogP contribution in [0.1, 0.15) is 26.3 Å². The summed E-state index contributed by atoms with van der Waals surface area (Å²) in [7, 11) is 1.59. The van der Waals surface area contributed by atoms with Gasteiger partial charge in [0.1, 0.15) is 5.75 Å². The number of para-hydroxylation sites is 1. The van der Waals surface area contributed by atoms with Crippen LogP contribution in [0.3, 0.4) is 0 Å². The van der Waals surface area contributed by atoms with Gasteiger partial charge in [0.15, 0.2) is 0 Å². The van der Waals surface area contributed by atoms with Gasteiger partial charge in [-0.15, -0.1) is 0 Å². The monoisotopic (exact) mass is 525 g/mol. The normalized spacial score (nSPS) is 13.7. The lowest BCUT2D eigenvalue weighted by Crippen LogP contribution is -2.52. The average Bonchev–Trinajstić information content (AvgIpc) is 2.95. The molecule has 0 atom stereocenters. The molecule has 1 saturated heterocycles. The summed E-state index contributed by atoms with van der Waals surface area (Å²) >= 11 is 0. The molecule has 1 aliphatic rings. The number of nitrogens with zero attached hydrogens (tertiary/aromatic N) is 2. The van der Waals surface area contributed by atoms with E-state index in [1.807, 2.05) is 24.3 Å². The number of benzene rings is 3.